The van der Waals surface area contributed by atoms with Crippen molar-refractivity contribution in [3.05, 3.63) is 6.61 Å². The minimum absolute atomic E-state index is 0. The topological polar surface area (TPSA) is 58.9 Å². The Labute approximate surface area is 122 Å². The van der Waals surface area contributed by atoms with E-state index in [1.165, 1.54) is 6.61 Å². The van der Waals surface area contributed by atoms with Gasteiger partial charge in [0.2, 0.25) is 0 Å². The minimum atomic E-state index is -1.69. The maximum atomic E-state index is 9.52. The Balaban J connectivity index is 0.00000225. The van der Waals surface area contributed by atoms with Gasteiger partial charge in [0.1, 0.15) is 0 Å². The molecule has 1 heterocycles. The van der Waals surface area contributed by atoms with Crippen molar-refractivity contribution in [1.82, 2.24) is 0 Å². The first kappa shape index (κ1) is 17.1. The van der Waals surface area contributed by atoms with Crippen LogP contribution in [0, 0.1) is 37.7 Å². The van der Waals surface area contributed by atoms with Crippen LogP contribution in [0.25, 0.3) is 0 Å². The van der Waals surface area contributed by atoms with E-state index in [1.54, 1.807) is 0 Å². The molecule has 1 aliphatic heterocycles. The second-order valence-corrected chi connectivity index (χ2v) is 9.51. The Bertz CT molecular complexity index is 213. The van der Waals surface area contributed by atoms with Gasteiger partial charge in [0.15, 0.2) is 8.32 Å². The van der Waals surface area contributed by atoms with Crippen molar-refractivity contribution < 1.29 is 50.5 Å². The Morgan fingerprint density at radius 3 is 2.31 bits per heavy atom. The number of hydrogen-bond acceptors (Lipinski definition) is 4. The molecule has 94 valence electrons. The number of aliphatic hydroxyl groups excluding tert-OH is 2. The molecule has 1 fully saturated rings. The molecule has 0 aromatic heterocycles. The molecule has 0 amide bonds. The van der Waals surface area contributed by atoms with Gasteiger partial charge >= 0.3 is 0 Å². The molecule has 0 aromatic carbocycles. The van der Waals surface area contributed by atoms with Crippen LogP contribution in [-0.2, 0) is 9.16 Å². The molecule has 1 rings (SSSR count). The molecule has 0 aliphatic carbocycles. The fourth-order valence-electron chi connectivity index (χ4n) is 1.16. The summed E-state index contributed by atoms with van der Waals surface area (Å²) in [6.45, 7) is 10.2. The number of aliphatic hydroxyl groups is 2. The van der Waals surface area contributed by atoms with Gasteiger partial charge in [-0.3, -0.25) is 0 Å². The predicted octanol–water partition coefficient (Wildman–Crippen LogP) is 0.900. The molecule has 1 aliphatic rings. The Morgan fingerprint density at radius 1 is 1.38 bits per heavy atom. The monoisotopic (exact) mass is 471 g/mol. The van der Waals surface area contributed by atoms with E-state index in [2.05, 4.69) is 26.9 Å². The molecule has 0 radical (unpaired) electrons. The molecule has 16 heavy (non-hydrogen) atoms. The van der Waals surface area contributed by atoms with Gasteiger partial charge in [-0.15, -0.1) is 0 Å². The van der Waals surface area contributed by atoms with E-state index in [1.807, 2.05) is 0 Å². The van der Waals surface area contributed by atoms with Gasteiger partial charge in [-0.2, -0.15) is 6.61 Å². The van der Waals surface area contributed by atoms with Crippen LogP contribution in [0.2, 0.25) is 18.6 Å². The quantitative estimate of drug-likeness (QED) is 0.473. The largest absolute Gasteiger partial charge is 0.544 e. The van der Waals surface area contributed by atoms with Gasteiger partial charge < -0.3 is 19.4 Å². The zero-order valence-electron chi connectivity index (χ0n) is 10.3. The summed E-state index contributed by atoms with van der Waals surface area (Å²) < 4.78 is 10.9. The minimum Gasteiger partial charge on any atom is -0.544 e. The van der Waals surface area contributed by atoms with Gasteiger partial charge in [-0.1, -0.05) is 13.8 Å². The van der Waals surface area contributed by atoms with Gasteiger partial charge in [-0.25, -0.2) is 0 Å². The molecule has 0 bridgehead atoms. The average molecular weight is 471 g/mol. The Kier molecular flexibility index (Phi) is 7.36. The molecule has 2 N–H and O–H groups in total. The third kappa shape index (κ3) is 4.41. The summed E-state index contributed by atoms with van der Waals surface area (Å²) in [7, 11) is -1.69. The van der Waals surface area contributed by atoms with Gasteiger partial charge in [0.25, 0.3) is 0 Å². The summed E-state index contributed by atoms with van der Waals surface area (Å²) in [5.41, 5.74) is 0.518. The molecule has 3 unspecified atom stereocenters. The molecule has 6 heteroatoms. The first-order valence-electron chi connectivity index (χ1n) is 5.33. The molecule has 1 saturated heterocycles. The number of hydrogen-bond donors (Lipinski definition) is 2. The van der Waals surface area contributed by atoms with Crippen molar-refractivity contribution in [2.45, 2.75) is 50.8 Å². The van der Waals surface area contributed by atoms with Crippen molar-refractivity contribution in [2.24, 2.45) is 0 Å². The first-order valence-corrected chi connectivity index (χ1v) is 8.32. The normalized spacial score (nSPS) is 30.6. The number of rotatable bonds is 4. The average Bonchev–Trinajstić information content (AvgIpc) is 2.45. The van der Waals surface area contributed by atoms with Crippen molar-refractivity contribution in [3.8, 4) is 0 Å². The van der Waals surface area contributed by atoms with Crippen LogP contribution in [0.4, 0.5) is 0 Å². The second-order valence-electron chi connectivity index (χ2n) is 4.86. The molecular formula is C10H21O4SiU-. The smallest absolute Gasteiger partial charge is 0.189 e. The van der Waals surface area contributed by atoms with Crippen LogP contribution in [-0.4, -0.2) is 43.4 Å². The summed E-state index contributed by atoms with van der Waals surface area (Å²) >= 11 is 0. The molecule has 4 nitrogen and oxygen atoms in total. The third-order valence-electron chi connectivity index (χ3n) is 3.13. The van der Waals surface area contributed by atoms with Crippen molar-refractivity contribution in [1.29, 1.82) is 0 Å². The molecule has 0 spiro atoms. The Hall–Kier alpha value is 1.11. The SMILES string of the molecule is CC(C)[Si](C)(C)OCC1O[CH-]C(O)C1O.[U]. The van der Waals surface area contributed by atoms with E-state index in [0.29, 0.717) is 12.1 Å². The predicted molar refractivity (Wildman–Crippen MR) is 59.7 cm³/mol. The standard InChI is InChI=1S/C10H21O4Si.U/c1-7(2)15(3,4)14-6-9-10(12)8(11)5-13-9;/h5,7-12H,6H2,1-4H3;/q-1;. The van der Waals surface area contributed by atoms with E-state index in [0.717, 1.165) is 0 Å². The van der Waals surface area contributed by atoms with Crippen LogP contribution >= 0.6 is 0 Å². The fourth-order valence-corrected chi connectivity index (χ4v) is 2.09. The van der Waals surface area contributed by atoms with E-state index < -0.39 is 26.6 Å². The zero-order chi connectivity index (χ0) is 11.6. The van der Waals surface area contributed by atoms with E-state index in [-0.39, 0.29) is 31.1 Å². The number of ether oxygens (including phenoxy) is 1. The van der Waals surface area contributed by atoms with Crippen molar-refractivity contribution >= 4 is 8.32 Å². The van der Waals surface area contributed by atoms with Crippen molar-refractivity contribution in [2.75, 3.05) is 6.61 Å². The van der Waals surface area contributed by atoms with Crippen LogP contribution in [0.3, 0.4) is 0 Å². The van der Waals surface area contributed by atoms with Gasteiger partial charge in [0, 0.05) is 31.1 Å². The summed E-state index contributed by atoms with van der Waals surface area (Å²) in [5.74, 6) is 0. The Morgan fingerprint density at radius 2 is 1.94 bits per heavy atom. The fraction of sp³-hybridized carbons (Fsp3) is 0.900. The summed E-state index contributed by atoms with van der Waals surface area (Å²) in [6, 6.07) is 0. The van der Waals surface area contributed by atoms with Crippen LogP contribution in [0.1, 0.15) is 13.8 Å². The maximum Gasteiger partial charge on any atom is 0.189 e. The third-order valence-corrected chi connectivity index (χ3v) is 6.83. The van der Waals surface area contributed by atoms with Crippen LogP contribution in [0.15, 0.2) is 0 Å². The summed E-state index contributed by atoms with van der Waals surface area (Å²) in [5, 5.41) is 18.8. The first-order chi connectivity index (χ1) is 6.84. The second kappa shape index (κ2) is 6.89. The molecule has 0 saturated carbocycles. The van der Waals surface area contributed by atoms with Gasteiger partial charge in [0.05, 0.1) is 18.8 Å². The van der Waals surface area contributed by atoms with Crippen LogP contribution in [0.5, 0.6) is 0 Å². The van der Waals surface area contributed by atoms with E-state index >= 15 is 0 Å². The molecule has 0 aromatic rings. The van der Waals surface area contributed by atoms with Crippen LogP contribution < -0.4 is 0 Å². The zero-order valence-corrected chi connectivity index (χ0v) is 15.5. The maximum absolute atomic E-state index is 9.52. The molecule has 3 atom stereocenters. The summed E-state index contributed by atoms with van der Waals surface area (Å²) in [6.07, 6.45) is -2.17. The molecular weight excluding hydrogens is 450 g/mol. The summed E-state index contributed by atoms with van der Waals surface area (Å²) in [4.78, 5) is 0. The van der Waals surface area contributed by atoms with E-state index in [4.69, 9.17) is 9.16 Å². The van der Waals surface area contributed by atoms with Crippen molar-refractivity contribution in [3.63, 3.8) is 0 Å². The van der Waals surface area contributed by atoms with E-state index in [9.17, 15) is 10.2 Å². The van der Waals surface area contributed by atoms with Gasteiger partial charge in [-0.05, 0) is 24.7 Å².